The van der Waals surface area contributed by atoms with Crippen molar-refractivity contribution in [1.29, 1.82) is 0 Å². The van der Waals surface area contributed by atoms with Gasteiger partial charge in [0.15, 0.2) is 0 Å². The number of nitrogens with one attached hydrogen (secondary N) is 1. The minimum atomic E-state index is -0.0158. The van der Waals surface area contributed by atoms with Crippen molar-refractivity contribution in [3.05, 3.63) is 95.0 Å². The third kappa shape index (κ3) is 5.64. The summed E-state index contributed by atoms with van der Waals surface area (Å²) in [7, 11) is 0. The van der Waals surface area contributed by atoms with Crippen LogP contribution in [0.2, 0.25) is 5.02 Å². The maximum absolute atomic E-state index is 12.1. The van der Waals surface area contributed by atoms with Gasteiger partial charge in [0.05, 0.1) is 0 Å². The van der Waals surface area contributed by atoms with Crippen LogP contribution >= 0.6 is 11.6 Å². The SMILES string of the molecule is O=C(CCc1ccc(Cl)cc1)Nc1ccc(OCc2ccccc2)cc1. The molecule has 0 aromatic heterocycles. The molecule has 0 heterocycles. The summed E-state index contributed by atoms with van der Waals surface area (Å²) in [5, 5.41) is 3.61. The maximum Gasteiger partial charge on any atom is 0.224 e. The van der Waals surface area contributed by atoms with Gasteiger partial charge in [-0.2, -0.15) is 0 Å². The van der Waals surface area contributed by atoms with Crippen molar-refractivity contribution in [3.63, 3.8) is 0 Å². The van der Waals surface area contributed by atoms with Crippen LogP contribution in [0.3, 0.4) is 0 Å². The van der Waals surface area contributed by atoms with Crippen molar-refractivity contribution in [2.75, 3.05) is 5.32 Å². The maximum atomic E-state index is 12.1. The standard InChI is InChI=1S/C22H20ClNO2/c23-19-9-6-17(7-10-19)8-15-22(25)24-20-11-13-21(14-12-20)26-16-18-4-2-1-3-5-18/h1-7,9-14H,8,15-16H2,(H,24,25). The fourth-order valence-corrected chi connectivity index (χ4v) is 2.63. The van der Waals surface area contributed by atoms with Crippen LogP contribution in [0, 0.1) is 0 Å². The Bertz CT molecular complexity index is 830. The predicted molar refractivity (Wildman–Crippen MR) is 106 cm³/mol. The summed E-state index contributed by atoms with van der Waals surface area (Å²) in [5.74, 6) is 0.755. The van der Waals surface area contributed by atoms with Crippen molar-refractivity contribution in [2.24, 2.45) is 0 Å². The lowest BCUT2D eigenvalue weighted by Crippen LogP contribution is -2.12. The monoisotopic (exact) mass is 365 g/mol. The molecular formula is C22H20ClNO2. The lowest BCUT2D eigenvalue weighted by atomic mass is 10.1. The molecule has 0 aliphatic carbocycles. The molecule has 0 bridgehead atoms. The van der Waals surface area contributed by atoms with E-state index in [-0.39, 0.29) is 5.91 Å². The van der Waals surface area contributed by atoms with E-state index in [0.29, 0.717) is 24.5 Å². The quantitative estimate of drug-likeness (QED) is 0.601. The molecule has 0 atom stereocenters. The molecule has 1 amide bonds. The zero-order valence-electron chi connectivity index (χ0n) is 14.3. The van der Waals surface area contributed by atoms with Crippen LogP contribution in [0.1, 0.15) is 17.5 Å². The van der Waals surface area contributed by atoms with Crippen LogP contribution in [-0.4, -0.2) is 5.91 Å². The molecule has 0 spiro atoms. The van der Waals surface area contributed by atoms with Crippen molar-refractivity contribution in [1.82, 2.24) is 0 Å². The first-order valence-electron chi connectivity index (χ1n) is 8.50. The van der Waals surface area contributed by atoms with E-state index in [4.69, 9.17) is 16.3 Å². The molecule has 4 heteroatoms. The number of carbonyl (C=O) groups excluding carboxylic acids is 1. The summed E-state index contributed by atoms with van der Waals surface area (Å²) in [6, 6.07) is 25.0. The van der Waals surface area contributed by atoms with Crippen molar-refractivity contribution in [3.8, 4) is 5.75 Å². The van der Waals surface area contributed by atoms with E-state index in [1.807, 2.05) is 78.9 Å². The second kappa shape index (κ2) is 9.07. The van der Waals surface area contributed by atoms with E-state index in [2.05, 4.69) is 5.32 Å². The first kappa shape index (κ1) is 18.0. The lowest BCUT2D eigenvalue weighted by molar-refractivity contribution is -0.116. The van der Waals surface area contributed by atoms with E-state index in [1.165, 1.54) is 0 Å². The van der Waals surface area contributed by atoms with Gasteiger partial charge >= 0.3 is 0 Å². The zero-order chi connectivity index (χ0) is 18.2. The van der Waals surface area contributed by atoms with Gasteiger partial charge in [0.1, 0.15) is 12.4 Å². The molecule has 0 saturated carbocycles. The van der Waals surface area contributed by atoms with Crippen molar-refractivity contribution < 1.29 is 9.53 Å². The Hall–Kier alpha value is -2.78. The predicted octanol–water partition coefficient (Wildman–Crippen LogP) is 5.49. The molecule has 0 radical (unpaired) electrons. The van der Waals surface area contributed by atoms with E-state index in [0.717, 1.165) is 22.6 Å². The van der Waals surface area contributed by atoms with Gasteiger partial charge in [-0.05, 0) is 53.9 Å². The van der Waals surface area contributed by atoms with Gasteiger partial charge in [-0.1, -0.05) is 54.1 Å². The molecule has 26 heavy (non-hydrogen) atoms. The molecule has 1 N–H and O–H groups in total. The highest BCUT2D eigenvalue weighted by Gasteiger charge is 2.04. The topological polar surface area (TPSA) is 38.3 Å². The molecule has 0 aliphatic rings. The Balaban J connectivity index is 1.45. The fraction of sp³-hybridized carbons (Fsp3) is 0.136. The molecule has 0 aliphatic heterocycles. The highest BCUT2D eigenvalue weighted by atomic mass is 35.5. The summed E-state index contributed by atoms with van der Waals surface area (Å²) >= 11 is 5.86. The number of ether oxygens (including phenoxy) is 1. The van der Waals surface area contributed by atoms with Crippen LogP contribution in [0.15, 0.2) is 78.9 Å². The molecule has 3 aromatic rings. The molecule has 3 aromatic carbocycles. The molecule has 0 fully saturated rings. The summed E-state index contributed by atoms with van der Waals surface area (Å²) in [4.78, 5) is 12.1. The number of aryl methyl sites for hydroxylation is 1. The Labute approximate surface area is 158 Å². The number of benzene rings is 3. The Morgan fingerprint density at radius 1 is 0.846 bits per heavy atom. The third-order valence-corrected chi connectivity index (χ3v) is 4.19. The van der Waals surface area contributed by atoms with Gasteiger partial charge in [-0.3, -0.25) is 4.79 Å². The minimum absolute atomic E-state index is 0.0158. The van der Waals surface area contributed by atoms with Gasteiger partial charge in [0, 0.05) is 17.1 Å². The summed E-state index contributed by atoms with van der Waals surface area (Å²) in [6.45, 7) is 0.521. The van der Waals surface area contributed by atoms with Crippen molar-refractivity contribution in [2.45, 2.75) is 19.4 Å². The normalized spacial score (nSPS) is 10.3. The summed E-state index contributed by atoms with van der Waals surface area (Å²) in [5.41, 5.74) is 2.97. The second-order valence-electron chi connectivity index (χ2n) is 5.97. The van der Waals surface area contributed by atoms with Gasteiger partial charge < -0.3 is 10.1 Å². The van der Waals surface area contributed by atoms with Crippen LogP contribution in [0.25, 0.3) is 0 Å². The van der Waals surface area contributed by atoms with Crippen LogP contribution < -0.4 is 10.1 Å². The molecule has 3 rings (SSSR count). The fourth-order valence-electron chi connectivity index (χ4n) is 2.51. The average molecular weight is 366 g/mol. The summed E-state index contributed by atoms with van der Waals surface area (Å²) in [6.07, 6.45) is 1.11. The molecule has 132 valence electrons. The largest absolute Gasteiger partial charge is 0.489 e. The Kier molecular flexibility index (Phi) is 6.29. The van der Waals surface area contributed by atoms with E-state index in [1.54, 1.807) is 0 Å². The molecular weight excluding hydrogens is 346 g/mol. The average Bonchev–Trinajstić information content (AvgIpc) is 2.68. The van der Waals surface area contributed by atoms with Gasteiger partial charge in [-0.15, -0.1) is 0 Å². The molecule has 0 unspecified atom stereocenters. The minimum Gasteiger partial charge on any atom is -0.489 e. The number of rotatable bonds is 7. The number of carbonyl (C=O) groups is 1. The van der Waals surface area contributed by atoms with E-state index < -0.39 is 0 Å². The van der Waals surface area contributed by atoms with Crippen LogP contribution in [0.5, 0.6) is 5.75 Å². The lowest BCUT2D eigenvalue weighted by Gasteiger charge is -2.09. The number of anilines is 1. The van der Waals surface area contributed by atoms with Gasteiger partial charge in [0.25, 0.3) is 0 Å². The first-order valence-corrected chi connectivity index (χ1v) is 8.88. The van der Waals surface area contributed by atoms with Crippen molar-refractivity contribution >= 4 is 23.2 Å². The Morgan fingerprint density at radius 2 is 1.54 bits per heavy atom. The highest BCUT2D eigenvalue weighted by molar-refractivity contribution is 6.30. The van der Waals surface area contributed by atoms with Gasteiger partial charge in [0.2, 0.25) is 5.91 Å². The van der Waals surface area contributed by atoms with Crippen LogP contribution in [0.4, 0.5) is 5.69 Å². The smallest absolute Gasteiger partial charge is 0.224 e. The second-order valence-corrected chi connectivity index (χ2v) is 6.41. The number of hydrogen-bond acceptors (Lipinski definition) is 2. The Morgan fingerprint density at radius 3 is 2.23 bits per heavy atom. The first-order chi connectivity index (χ1) is 12.7. The number of hydrogen-bond donors (Lipinski definition) is 1. The molecule has 0 saturated heterocycles. The number of halogens is 1. The van der Waals surface area contributed by atoms with Gasteiger partial charge in [-0.25, -0.2) is 0 Å². The zero-order valence-corrected chi connectivity index (χ0v) is 15.1. The van der Waals surface area contributed by atoms with E-state index in [9.17, 15) is 4.79 Å². The number of amides is 1. The highest BCUT2D eigenvalue weighted by Crippen LogP contribution is 2.18. The third-order valence-electron chi connectivity index (χ3n) is 3.94. The summed E-state index contributed by atoms with van der Waals surface area (Å²) < 4.78 is 5.74. The molecule has 3 nitrogen and oxygen atoms in total. The van der Waals surface area contributed by atoms with Crippen LogP contribution in [-0.2, 0) is 17.8 Å². The van der Waals surface area contributed by atoms with E-state index >= 15 is 0 Å².